The number of thioether (sulfide) groups is 1. The highest BCUT2D eigenvalue weighted by Gasteiger charge is 2.11. The van der Waals surface area contributed by atoms with Gasteiger partial charge in [0.2, 0.25) is 5.91 Å². The van der Waals surface area contributed by atoms with Gasteiger partial charge in [0.15, 0.2) is 0 Å². The first-order valence-electron chi connectivity index (χ1n) is 7.91. The quantitative estimate of drug-likeness (QED) is 0.713. The number of fused-ring (bicyclic) bond motifs is 1. The predicted molar refractivity (Wildman–Crippen MR) is 100 cm³/mol. The number of aryl methyl sites for hydroxylation is 1. The molecule has 124 valence electrons. The zero-order valence-electron chi connectivity index (χ0n) is 13.8. The number of carbonyl (C=O) groups excluding carboxylic acids is 1. The van der Waals surface area contributed by atoms with E-state index in [0.717, 1.165) is 22.0 Å². The van der Waals surface area contributed by atoms with Crippen LogP contribution in [0, 0.1) is 18.3 Å². The molecule has 5 heteroatoms. The maximum Gasteiger partial charge on any atom is 0.230 e. The number of pyridine rings is 1. The summed E-state index contributed by atoms with van der Waals surface area (Å²) in [4.78, 5) is 16.7. The van der Waals surface area contributed by atoms with Gasteiger partial charge in [0.05, 0.1) is 16.8 Å². The van der Waals surface area contributed by atoms with Crippen LogP contribution in [0.15, 0.2) is 59.6 Å². The molecule has 0 saturated heterocycles. The third kappa shape index (κ3) is 4.17. The molecule has 1 amide bonds. The number of benzene rings is 2. The van der Waals surface area contributed by atoms with Gasteiger partial charge in [-0.3, -0.25) is 4.79 Å². The van der Waals surface area contributed by atoms with Gasteiger partial charge in [0, 0.05) is 11.9 Å². The van der Waals surface area contributed by atoms with Crippen molar-refractivity contribution in [2.24, 2.45) is 0 Å². The van der Waals surface area contributed by atoms with Crippen LogP contribution in [0.4, 0.5) is 0 Å². The molecule has 0 aliphatic carbocycles. The summed E-state index contributed by atoms with van der Waals surface area (Å²) in [5.74, 6) is 0.149. The van der Waals surface area contributed by atoms with Crippen molar-refractivity contribution >= 4 is 28.6 Å². The van der Waals surface area contributed by atoms with Crippen molar-refractivity contribution in [3.8, 4) is 6.07 Å². The van der Waals surface area contributed by atoms with E-state index in [1.54, 1.807) is 0 Å². The molecule has 1 N–H and O–H groups in total. The van der Waals surface area contributed by atoms with E-state index in [1.807, 2.05) is 61.5 Å². The molecular weight excluding hydrogens is 330 g/mol. The average Bonchev–Trinajstić information content (AvgIpc) is 2.65. The maximum absolute atomic E-state index is 12.1. The van der Waals surface area contributed by atoms with Crippen molar-refractivity contribution < 1.29 is 4.79 Å². The van der Waals surface area contributed by atoms with Crippen molar-refractivity contribution in [1.29, 1.82) is 5.26 Å². The summed E-state index contributed by atoms with van der Waals surface area (Å²) in [7, 11) is 0. The molecule has 0 saturated carbocycles. The van der Waals surface area contributed by atoms with Gasteiger partial charge in [0.1, 0.15) is 11.1 Å². The molecule has 1 aromatic heterocycles. The fourth-order valence-corrected chi connectivity index (χ4v) is 3.29. The topological polar surface area (TPSA) is 65.8 Å². The van der Waals surface area contributed by atoms with Crippen LogP contribution in [-0.2, 0) is 11.3 Å². The SMILES string of the molecule is Cc1cccc2cc(C#N)c(SCC(=O)NCc3ccccc3)nc12. The van der Waals surface area contributed by atoms with Crippen LogP contribution in [0.3, 0.4) is 0 Å². The van der Waals surface area contributed by atoms with E-state index in [2.05, 4.69) is 16.4 Å². The predicted octanol–water partition coefficient (Wildman–Crippen LogP) is 3.82. The number of nitrogens with one attached hydrogen (secondary N) is 1. The number of nitrogens with zero attached hydrogens (tertiary/aromatic N) is 2. The standard InChI is InChI=1S/C20H17N3OS/c1-14-6-5-9-16-10-17(11-21)20(23-19(14)16)25-13-18(24)22-12-15-7-3-2-4-8-15/h2-10H,12-13H2,1H3,(H,22,24). The summed E-state index contributed by atoms with van der Waals surface area (Å²) < 4.78 is 0. The van der Waals surface area contributed by atoms with E-state index < -0.39 is 0 Å². The highest BCUT2D eigenvalue weighted by atomic mass is 32.2. The molecule has 3 rings (SSSR count). The molecule has 0 aliphatic rings. The average molecular weight is 347 g/mol. The van der Waals surface area contributed by atoms with E-state index in [-0.39, 0.29) is 11.7 Å². The molecule has 0 aliphatic heterocycles. The number of hydrogen-bond acceptors (Lipinski definition) is 4. The van der Waals surface area contributed by atoms with Gasteiger partial charge in [0.25, 0.3) is 0 Å². The Morgan fingerprint density at radius 1 is 1.20 bits per heavy atom. The largest absolute Gasteiger partial charge is 0.351 e. The van der Waals surface area contributed by atoms with E-state index in [4.69, 9.17) is 0 Å². The number of amides is 1. The summed E-state index contributed by atoms with van der Waals surface area (Å²) in [6, 6.07) is 19.6. The molecule has 0 bridgehead atoms. The van der Waals surface area contributed by atoms with Gasteiger partial charge in [-0.1, -0.05) is 60.3 Å². The Morgan fingerprint density at radius 2 is 2.00 bits per heavy atom. The van der Waals surface area contributed by atoms with Gasteiger partial charge < -0.3 is 5.32 Å². The molecule has 1 heterocycles. The summed E-state index contributed by atoms with van der Waals surface area (Å²) in [6.45, 7) is 2.48. The highest BCUT2D eigenvalue weighted by molar-refractivity contribution is 8.00. The zero-order valence-corrected chi connectivity index (χ0v) is 14.6. The fraction of sp³-hybridized carbons (Fsp3) is 0.150. The van der Waals surface area contributed by atoms with Crippen molar-refractivity contribution in [3.63, 3.8) is 0 Å². The monoisotopic (exact) mass is 347 g/mol. The summed E-state index contributed by atoms with van der Waals surface area (Å²) in [6.07, 6.45) is 0. The number of carbonyl (C=O) groups is 1. The lowest BCUT2D eigenvalue weighted by molar-refractivity contribution is -0.118. The molecule has 25 heavy (non-hydrogen) atoms. The number of para-hydroxylation sites is 1. The van der Waals surface area contributed by atoms with Crippen LogP contribution in [-0.4, -0.2) is 16.6 Å². The smallest absolute Gasteiger partial charge is 0.230 e. The molecule has 4 nitrogen and oxygen atoms in total. The molecule has 2 aromatic carbocycles. The van der Waals surface area contributed by atoms with Crippen LogP contribution in [0.2, 0.25) is 0 Å². The van der Waals surface area contributed by atoms with Crippen molar-refractivity contribution in [2.45, 2.75) is 18.5 Å². The molecule has 0 spiro atoms. The Hall–Kier alpha value is -2.84. The Morgan fingerprint density at radius 3 is 2.76 bits per heavy atom. The molecule has 0 radical (unpaired) electrons. The van der Waals surface area contributed by atoms with E-state index in [9.17, 15) is 10.1 Å². The Labute approximate surface area is 150 Å². The van der Waals surface area contributed by atoms with E-state index in [0.29, 0.717) is 17.1 Å². The minimum Gasteiger partial charge on any atom is -0.351 e. The normalized spacial score (nSPS) is 10.4. The first kappa shape index (κ1) is 17.0. The summed E-state index contributed by atoms with van der Waals surface area (Å²) in [5.41, 5.74) is 3.48. The van der Waals surface area contributed by atoms with Crippen LogP contribution >= 0.6 is 11.8 Å². The Bertz CT molecular complexity index is 948. The Kier molecular flexibility index (Phi) is 5.32. The third-order valence-electron chi connectivity index (χ3n) is 3.81. The molecule has 3 aromatic rings. The lowest BCUT2D eigenvalue weighted by atomic mass is 10.1. The van der Waals surface area contributed by atoms with Crippen molar-refractivity contribution in [3.05, 3.63) is 71.3 Å². The van der Waals surface area contributed by atoms with Gasteiger partial charge in [-0.05, 0) is 24.1 Å². The van der Waals surface area contributed by atoms with E-state index in [1.165, 1.54) is 11.8 Å². The Balaban J connectivity index is 1.69. The second-order valence-electron chi connectivity index (χ2n) is 5.65. The molecule has 0 unspecified atom stereocenters. The fourth-order valence-electron chi connectivity index (χ4n) is 2.50. The van der Waals surface area contributed by atoms with Crippen LogP contribution in [0.25, 0.3) is 10.9 Å². The number of rotatable bonds is 5. The number of hydrogen-bond donors (Lipinski definition) is 1. The first-order valence-corrected chi connectivity index (χ1v) is 8.90. The maximum atomic E-state index is 12.1. The van der Waals surface area contributed by atoms with Gasteiger partial charge in [-0.15, -0.1) is 0 Å². The van der Waals surface area contributed by atoms with Crippen LogP contribution < -0.4 is 5.32 Å². The second-order valence-corrected chi connectivity index (χ2v) is 6.61. The second kappa shape index (κ2) is 7.82. The van der Waals surface area contributed by atoms with Crippen molar-refractivity contribution in [2.75, 3.05) is 5.75 Å². The minimum atomic E-state index is -0.0792. The van der Waals surface area contributed by atoms with Gasteiger partial charge in [-0.2, -0.15) is 5.26 Å². The first-order chi connectivity index (χ1) is 12.2. The lowest BCUT2D eigenvalue weighted by Crippen LogP contribution is -2.24. The molecular formula is C20H17N3OS. The number of nitriles is 1. The minimum absolute atomic E-state index is 0.0792. The van der Waals surface area contributed by atoms with Crippen LogP contribution in [0.1, 0.15) is 16.7 Å². The van der Waals surface area contributed by atoms with Gasteiger partial charge >= 0.3 is 0 Å². The summed E-state index contributed by atoms with van der Waals surface area (Å²) >= 11 is 1.29. The highest BCUT2D eigenvalue weighted by Crippen LogP contribution is 2.26. The summed E-state index contributed by atoms with van der Waals surface area (Å²) in [5, 5.41) is 13.8. The van der Waals surface area contributed by atoms with E-state index >= 15 is 0 Å². The third-order valence-corrected chi connectivity index (χ3v) is 4.80. The molecule has 0 atom stereocenters. The van der Waals surface area contributed by atoms with Gasteiger partial charge in [-0.25, -0.2) is 4.98 Å². The zero-order chi connectivity index (χ0) is 17.6. The van der Waals surface area contributed by atoms with Crippen molar-refractivity contribution in [1.82, 2.24) is 10.3 Å². The van der Waals surface area contributed by atoms with Crippen LogP contribution in [0.5, 0.6) is 0 Å². The lowest BCUT2D eigenvalue weighted by Gasteiger charge is -2.08. The number of aromatic nitrogens is 1. The molecule has 0 fully saturated rings.